The molecule has 0 spiro atoms. The molecule has 0 radical (unpaired) electrons. The first-order valence-electron chi connectivity index (χ1n) is 37.5. The molecule has 0 aromatic heterocycles. The number of ketones is 1. The highest BCUT2D eigenvalue weighted by Gasteiger charge is 2.33. The monoisotopic (exact) mass is 1880 g/mol. The minimum atomic E-state index is -3.98. The lowest BCUT2D eigenvalue weighted by Gasteiger charge is -2.18. The number of nitrogens with two attached hydrogens (primary N) is 11. The van der Waals surface area contributed by atoms with E-state index in [1.165, 1.54) is 69.2 Å². The molecule has 42 N–H and O–H groups in total. The Morgan fingerprint density at radius 1 is 0.393 bits per heavy atom. The number of carbonyl (C=O) groups excluding carboxylic acids is 1. The molecule has 0 aliphatic rings. The van der Waals surface area contributed by atoms with Crippen molar-refractivity contribution in [1.29, 1.82) is 0 Å². The molecule has 0 aliphatic heterocycles. The van der Waals surface area contributed by atoms with Gasteiger partial charge >= 0.3 is 73.3 Å². The second-order valence-corrected chi connectivity index (χ2v) is 40.9. The van der Waals surface area contributed by atoms with E-state index in [2.05, 4.69) is 15.2 Å². The molecule has 0 heterocycles. The molecule has 0 aliphatic carbocycles. The average molecular weight is 1880 g/mol. The highest BCUT2D eigenvalue weighted by atomic mass is 32.7. The third-order valence-corrected chi connectivity index (χ3v) is 25.1. The van der Waals surface area contributed by atoms with Crippen molar-refractivity contribution >= 4 is 112 Å². The smallest absolute Gasteiger partial charge is 0.345 e. The predicted molar refractivity (Wildman–Crippen MR) is 459 cm³/mol. The predicted octanol–water partition coefficient (Wildman–Crippen LogP) is -0.289. The van der Waals surface area contributed by atoms with Gasteiger partial charge in [-0.2, -0.15) is 0 Å². The van der Waals surface area contributed by atoms with Crippen LogP contribution in [0.15, 0.2) is 12.2 Å². The zero-order valence-corrected chi connectivity index (χ0v) is 78.1. The number of Topliss-reactive ketones (excluding diaryl/α,β-unsaturated/α-hetero) is 1. The van der Waals surface area contributed by atoms with Gasteiger partial charge in [-0.3, -0.25) is 70.7 Å². The van der Waals surface area contributed by atoms with Gasteiger partial charge < -0.3 is 164 Å². The van der Waals surface area contributed by atoms with Crippen molar-refractivity contribution in [1.82, 2.24) is 15.7 Å². The van der Waals surface area contributed by atoms with Crippen molar-refractivity contribution in [2.45, 2.75) is 291 Å². The van der Waals surface area contributed by atoms with E-state index in [1.807, 2.05) is 18.9 Å². The van der Waals surface area contributed by atoms with Gasteiger partial charge in [0.05, 0.1) is 71.8 Å². The van der Waals surface area contributed by atoms with Crippen molar-refractivity contribution in [3.8, 4) is 0 Å². The number of ether oxygens (including phenoxy) is 1. The highest BCUT2D eigenvalue weighted by Crippen LogP contribution is 2.58. The summed E-state index contributed by atoms with van der Waals surface area (Å²) >= 11 is 0.505. The number of nitrogens with one attached hydrogen (secondary N) is 3. The fourth-order valence-corrected chi connectivity index (χ4v) is 11.4. The summed E-state index contributed by atoms with van der Waals surface area (Å²) < 4.78 is 53.6. The minimum absolute atomic E-state index is 0.00167. The van der Waals surface area contributed by atoms with E-state index in [-0.39, 0.29) is 80.1 Å². The summed E-state index contributed by atoms with van der Waals surface area (Å²) in [6, 6.07) is -3.57. The van der Waals surface area contributed by atoms with E-state index in [1.54, 1.807) is 74.5 Å². The van der Waals surface area contributed by atoms with Crippen LogP contribution in [0.3, 0.4) is 0 Å². The number of carboxylic acids is 11. The van der Waals surface area contributed by atoms with Gasteiger partial charge in [0, 0.05) is 61.9 Å². The van der Waals surface area contributed by atoms with Gasteiger partial charge in [-0.05, 0) is 144 Å². The first kappa shape index (κ1) is 139. The number of carbonyl (C=O) groups is 12. The van der Waals surface area contributed by atoms with E-state index < -0.39 is 195 Å². The Kier molecular flexibility index (Phi) is 84.5. The molecular weight excluding hydrogens is 1730 g/mol. The molecule has 122 heavy (non-hydrogen) atoms. The van der Waals surface area contributed by atoms with Gasteiger partial charge in [-0.1, -0.05) is 51.2 Å². The zero-order valence-electron chi connectivity index (χ0n) is 73.7. The summed E-state index contributed by atoms with van der Waals surface area (Å²) in [4.78, 5) is 160. The number of carboxylic acid groups (broad SMARTS) is 11. The third kappa shape index (κ3) is 90.2. The van der Waals surface area contributed by atoms with E-state index >= 15 is 0 Å². The van der Waals surface area contributed by atoms with Crippen molar-refractivity contribution in [2.75, 3.05) is 25.9 Å². The zero-order chi connectivity index (χ0) is 100. The Balaban J connectivity index is -0.000000124. The van der Waals surface area contributed by atoms with Crippen molar-refractivity contribution in [3.05, 3.63) is 12.2 Å². The third-order valence-electron chi connectivity index (χ3n) is 14.6. The Morgan fingerprint density at radius 2 is 0.779 bits per heavy atom. The van der Waals surface area contributed by atoms with E-state index in [0.29, 0.717) is 24.3 Å². The standard InChI is InChI=1S/C7H16N2O3.C7H15NO3.C7H13NO3.C7H15NO2.C7H13NO2.C6H14N2O2.C6H14NO4P.C6H13NO3.C5H13N2O4P.C5H12NO5P.C5H12NO4PS/c1-4(8)6(10)3-9-5(2)7(11)12;2*1-4(7(10)11)3-6(9)5(2)8;2*1-5(7(9)10)3-4-6(2)8;1-4(7)3-8-5(2)6(9)10;1-4(6(8)9)3-12(10,11)5(2)7;1-4(7)3-10-5(2)6(8)9;1-3(5(8)9)7-12(10,11)4(2)6;1-3(5(7)8)11-12(9,10)4(2)6;1-3(5(7)8)12-11(9,10)4(2)6/h4-6,9-10H,3,8H2,1-2H3,(H,11,12);4-6,9H,3,8H2,1-2H3,(H,10,11);4-5H,3,8H2,1-2H3,(H,10,11);5-6H,3-4,8H2,1-2H3,(H,9,10);3-6H,8H2,1-2H3,(H,9,10);4-5,8H,3,7H2,1-2H3,(H,9,10);4-5H,3,7H2,1-2H3,(H,8,9)(H,10,11);4-5H,3,7H2,1-2H3,(H,8,9);3-4H,6H2,1-2H3,(H,8,9)(H2,7,10,11);2*3-4H,6H2,1-2H3,(H,7,8)(H,9,10)/b;;;;4-3+;;;;;;. The van der Waals surface area contributed by atoms with Gasteiger partial charge in [0.25, 0.3) is 14.1 Å². The molecule has 49 nitrogen and oxygen atoms in total. The van der Waals surface area contributed by atoms with Crippen LogP contribution in [-0.4, -0.2) is 296 Å². The molecule has 28 unspecified atom stereocenters. The maximum Gasteiger partial charge on any atom is 0.345 e. The van der Waals surface area contributed by atoms with E-state index in [0.717, 1.165) is 13.3 Å². The molecule has 0 saturated heterocycles. The lowest BCUT2D eigenvalue weighted by molar-refractivity contribution is -0.149. The van der Waals surface area contributed by atoms with Gasteiger partial charge in [0.2, 0.25) is 7.37 Å². The molecule has 28 atom stereocenters. The van der Waals surface area contributed by atoms with Crippen molar-refractivity contribution in [2.24, 2.45) is 92.7 Å². The quantitative estimate of drug-likeness (QED) is 0.0275. The Bertz CT molecular complexity index is 2950. The van der Waals surface area contributed by atoms with Crippen LogP contribution in [0.5, 0.6) is 0 Å². The van der Waals surface area contributed by atoms with Crippen LogP contribution in [-0.2, 0) is 85.1 Å². The molecule has 0 rings (SSSR count). The SMILES string of the molecule is CC(CC(O)C(C)N)C(=O)O.CC(CP(=O)(O)C(C)N)C(=O)O.CC(N)/C=C/C(C)C(=O)O.CC(N)C(=O)CC(C)C(=O)O.CC(N)CCC(C)C(=O)O.CC(N)CNC(C)C(=O)O.CC(N)COC(C)C(=O)O.CC(NCC(O)C(C)N)C(=O)O.CC(NP(=O)(O)C(C)N)C(=O)O.CC(OP(=O)(O)C(C)N)C(=O)O.CC(SP(=O)(O)C(C)N)C(=O)O. The first-order valence-corrected chi connectivity index (χ1v) is 46.0. The van der Waals surface area contributed by atoms with E-state index in [4.69, 9.17) is 144 Å². The van der Waals surface area contributed by atoms with Crippen molar-refractivity contribution in [3.63, 3.8) is 0 Å². The summed E-state index contributed by atoms with van der Waals surface area (Å²) in [6.07, 6.45) is 1.19. The van der Waals surface area contributed by atoms with Crippen LogP contribution in [0.2, 0.25) is 0 Å². The van der Waals surface area contributed by atoms with Crippen LogP contribution in [0.1, 0.15) is 178 Å². The summed E-state index contributed by atoms with van der Waals surface area (Å²) in [7, 11) is -11.2. The number of aliphatic hydroxyl groups is 2. The lowest BCUT2D eigenvalue weighted by atomic mass is 10.0. The maximum atomic E-state index is 11.2. The topological polar surface area (TPSA) is 958 Å². The molecule has 728 valence electrons. The summed E-state index contributed by atoms with van der Waals surface area (Å²) in [5, 5.41) is 117. The summed E-state index contributed by atoms with van der Waals surface area (Å²) in [5.41, 5.74) is 58.1. The van der Waals surface area contributed by atoms with Crippen LogP contribution in [0, 0.1) is 29.6 Å². The van der Waals surface area contributed by atoms with Gasteiger partial charge in [0.1, 0.15) is 34.9 Å². The number of rotatable bonds is 44. The van der Waals surface area contributed by atoms with Crippen LogP contribution in [0.4, 0.5) is 0 Å². The number of aliphatic carboxylic acids is 11. The summed E-state index contributed by atoms with van der Waals surface area (Å²) in [5.74, 6) is -17.6. The van der Waals surface area contributed by atoms with Crippen LogP contribution in [0.25, 0.3) is 0 Å². The van der Waals surface area contributed by atoms with Gasteiger partial charge in [-0.25, -0.2) is 14.7 Å². The first-order chi connectivity index (χ1) is 54.6. The highest BCUT2D eigenvalue weighted by molar-refractivity contribution is 8.57. The number of hydrogen-bond donors (Lipinski definition) is 31. The molecule has 0 fully saturated rings. The maximum absolute atomic E-state index is 11.2. The van der Waals surface area contributed by atoms with E-state index in [9.17, 15) is 85.8 Å². The van der Waals surface area contributed by atoms with Crippen LogP contribution < -0.4 is 78.8 Å². The molecule has 0 aromatic carbocycles. The average Bonchev–Trinajstić information content (AvgIpc) is 0.891. The molecule has 0 saturated carbocycles. The summed E-state index contributed by atoms with van der Waals surface area (Å²) in [6.45, 7) is 31.1. The van der Waals surface area contributed by atoms with Gasteiger partial charge in [0.15, 0.2) is 12.2 Å². The van der Waals surface area contributed by atoms with Gasteiger partial charge in [-0.15, -0.1) is 0 Å². The number of aliphatic hydroxyl groups excluding tert-OH is 2. The Morgan fingerprint density at radius 3 is 1.05 bits per heavy atom. The van der Waals surface area contributed by atoms with Crippen molar-refractivity contribution < 1.29 is 171 Å². The minimum Gasteiger partial charge on any atom is -0.481 e. The molecule has 0 bridgehead atoms. The fraction of sp³-hybridized carbons (Fsp3) is 0.794. The molecular formula is C68H150N14O35P4S. The molecule has 54 heteroatoms. The second-order valence-electron chi connectivity index (χ2n) is 28.6. The molecule has 0 aromatic rings. The Labute approximate surface area is 717 Å². The fourth-order valence-electron chi connectivity index (χ4n) is 5.52. The normalized spacial score (nSPS) is 18.6. The lowest BCUT2D eigenvalue weighted by Crippen LogP contribution is -2.44. The Hall–Kier alpha value is -6.03. The largest absolute Gasteiger partial charge is 0.481 e. The molecule has 0 amide bonds. The second kappa shape index (κ2) is 74.1. The van der Waals surface area contributed by atoms with Crippen LogP contribution >= 0.6 is 40.4 Å². The number of hydrogen-bond acceptors (Lipinski definition) is 34.